The largest absolute Gasteiger partial charge is 0.350 e. The predicted molar refractivity (Wildman–Crippen MR) is 103 cm³/mol. The number of benzene rings is 1. The zero-order valence-corrected chi connectivity index (χ0v) is 16.1. The number of rotatable bonds is 4. The Morgan fingerprint density at radius 1 is 1.35 bits per heavy atom. The van der Waals surface area contributed by atoms with Crippen molar-refractivity contribution in [2.45, 2.75) is 52.7 Å². The maximum absolute atomic E-state index is 12.8. The standard InChI is InChI=1S/C21H29N3O2/c1-6-15-7-9-16(10-8-15)12-23-19(25)17-11-14(2)13-24(17)20(26)18(22)21(3,4)5/h1,7-10,14,17-18H,11-13,22H2,2-5H3,(H,23,25)/t14?,17-,18+/m0/s1. The van der Waals surface area contributed by atoms with Crippen molar-refractivity contribution in [2.75, 3.05) is 6.54 Å². The lowest BCUT2D eigenvalue weighted by atomic mass is 9.86. The lowest BCUT2D eigenvalue weighted by Gasteiger charge is -2.32. The molecule has 2 rings (SSSR count). The molecule has 5 heteroatoms. The molecule has 26 heavy (non-hydrogen) atoms. The van der Waals surface area contributed by atoms with Gasteiger partial charge in [0.1, 0.15) is 6.04 Å². The Labute approximate surface area is 156 Å². The Balaban J connectivity index is 2.03. The zero-order chi connectivity index (χ0) is 19.5. The molecule has 5 nitrogen and oxygen atoms in total. The summed E-state index contributed by atoms with van der Waals surface area (Å²) in [7, 11) is 0. The normalized spacial score (nSPS) is 21.2. The number of hydrogen-bond acceptors (Lipinski definition) is 3. The molecule has 0 saturated carbocycles. The lowest BCUT2D eigenvalue weighted by molar-refractivity contribution is -0.141. The number of likely N-dealkylation sites (tertiary alicyclic amines) is 1. The van der Waals surface area contributed by atoms with E-state index in [0.717, 1.165) is 11.1 Å². The first-order valence-corrected chi connectivity index (χ1v) is 9.02. The molecule has 2 amide bonds. The third-order valence-electron chi connectivity index (χ3n) is 4.88. The quantitative estimate of drug-likeness (QED) is 0.810. The third-order valence-corrected chi connectivity index (χ3v) is 4.88. The number of nitrogens with zero attached hydrogens (tertiary/aromatic N) is 1. The van der Waals surface area contributed by atoms with E-state index in [1.165, 1.54) is 0 Å². The van der Waals surface area contributed by atoms with Crippen LogP contribution in [-0.4, -0.2) is 35.3 Å². The highest BCUT2D eigenvalue weighted by Crippen LogP contribution is 2.27. The first-order valence-electron chi connectivity index (χ1n) is 9.02. The van der Waals surface area contributed by atoms with Gasteiger partial charge in [-0.3, -0.25) is 9.59 Å². The van der Waals surface area contributed by atoms with E-state index in [-0.39, 0.29) is 23.1 Å². The molecule has 1 aliphatic heterocycles. The third kappa shape index (κ3) is 4.64. The number of amides is 2. The second-order valence-electron chi connectivity index (χ2n) is 8.25. The predicted octanol–water partition coefficient (Wildman–Crippen LogP) is 1.89. The maximum atomic E-state index is 12.8. The minimum atomic E-state index is -0.626. The molecule has 0 aromatic heterocycles. The van der Waals surface area contributed by atoms with Crippen LogP contribution >= 0.6 is 0 Å². The van der Waals surface area contributed by atoms with Gasteiger partial charge < -0.3 is 16.0 Å². The summed E-state index contributed by atoms with van der Waals surface area (Å²) in [5.41, 5.74) is 7.56. The molecular weight excluding hydrogens is 326 g/mol. The summed E-state index contributed by atoms with van der Waals surface area (Å²) in [6.45, 7) is 8.83. The van der Waals surface area contributed by atoms with Crippen LogP contribution in [0.3, 0.4) is 0 Å². The van der Waals surface area contributed by atoms with E-state index >= 15 is 0 Å². The second-order valence-corrected chi connectivity index (χ2v) is 8.25. The van der Waals surface area contributed by atoms with Gasteiger partial charge in [-0.15, -0.1) is 6.42 Å². The van der Waals surface area contributed by atoms with E-state index in [2.05, 4.69) is 18.2 Å². The fourth-order valence-corrected chi connectivity index (χ4v) is 3.11. The van der Waals surface area contributed by atoms with E-state index in [4.69, 9.17) is 12.2 Å². The van der Waals surface area contributed by atoms with Crippen molar-refractivity contribution in [1.82, 2.24) is 10.2 Å². The molecule has 3 atom stereocenters. The molecule has 1 heterocycles. The van der Waals surface area contributed by atoms with Crippen molar-refractivity contribution in [3.05, 3.63) is 35.4 Å². The number of terminal acetylenes is 1. The van der Waals surface area contributed by atoms with Gasteiger partial charge in [0, 0.05) is 18.7 Å². The summed E-state index contributed by atoms with van der Waals surface area (Å²) in [5, 5.41) is 2.94. The van der Waals surface area contributed by atoms with Gasteiger partial charge in [0.15, 0.2) is 0 Å². The van der Waals surface area contributed by atoms with Crippen LogP contribution in [0.5, 0.6) is 0 Å². The van der Waals surface area contributed by atoms with Gasteiger partial charge in [-0.1, -0.05) is 45.7 Å². The van der Waals surface area contributed by atoms with Gasteiger partial charge in [0.2, 0.25) is 11.8 Å². The van der Waals surface area contributed by atoms with Crippen LogP contribution in [0.25, 0.3) is 0 Å². The molecule has 0 bridgehead atoms. The zero-order valence-electron chi connectivity index (χ0n) is 16.1. The average Bonchev–Trinajstić information content (AvgIpc) is 2.99. The molecule has 0 aliphatic carbocycles. The van der Waals surface area contributed by atoms with E-state index in [0.29, 0.717) is 19.5 Å². The second kappa shape index (κ2) is 7.92. The SMILES string of the molecule is C#Cc1ccc(CNC(=O)[C@@H]2CC(C)CN2C(=O)[C@@H](N)C(C)(C)C)cc1. The fraction of sp³-hybridized carbons (Fsp3) is 0.524. The van der Waals surface area contributed by atoms with E-state index in [1.807, 2.05) is 45.0 Å². The summed E-state index contributed by atoms with van der Waals surface area (Å²) < 4.78 is 0. The Bertz CT molecular complexity index is 697. The summed E-state index contributed by atoms with van der Waals surface area (Å²) in [4.78, 5) is 27.1. The molecule has 1 aromatic rings. The van der Waals surface area contributed by atoms with Crippen LogP contribution in [0.15, 0.2) is 24.3 Å². The highest BCUT2D eigenvalue weighted by molar-refractivity contribution is 5.90. The Morgan fingerprint density at radius 3 is 2.50 bits per heavy atom. The Kier molecular flexibility index (Phi) is 6.09. The van der Waals surface area contributed by atoms with Crippen molar-refractivity contribution >= 4 is 11.8 Å². The average molecular weight is 355 g/mol. The molecule has 140 valence electrons. The molecular formula is C21H29N3O2. The Hall–Kier alpha value is -2.32. The molecule has 0 spiro atoms. The first kappa shape index (κ1) is 20.0. The van der Waals surface area contributed by atoms with Gasteiger partial charge in [-0.05, 0) is 35.4 Å². The van der Waals surface area contributed by atoms with E-state index in [9.17, 15) is 9.59 Å². The van der Waals surface area contributed by atoms with Gasteiger partial charge in [-0.2, -0.15) is 0 Å². The molecule has 1 saturated heterocycles. The van der Waals surface area contributed by atoms with E-state index in [1.54, 1.807) is 4.90 Å². The summed E-state index contributed by atoms with van der Waals surface area (Å²) in [5.74, 6) is 2.55. The van der Waals surface area contributed by atoms with Gasteiger partial charge in [0.05, 0.1) is 6.04 Å². The first-order chi connectivity index (χ1) is 12.1. The van der Waals surface area contributed by atoms with Crippen LogP contribution in [-0.2, 0) is 16.1 Å². The maximum Gasteiger partial charge on any atom is 0.243 e. The minimum Gasteiger partial charge on any atom is -0.350 e. The monoisotopic (exact) mass is 355 g/mol. The molecule has 1 fully saturated rings. The van der Waals surface area contributed by atoms with Crippen LogP contribution in [0, 0.1) is 23.7 Å². The Morgan fingerprint density at radius 2 is 1.96 bits per heavy atom. The van der Waals surface area contributed by atoms with Gasteiger partial charge in [0.25, 0.3) is 0 Å². The molecule has 3 N–H and O–H groups in total. The van der Waals surface area contributed by atoms with Crippen LogP contribution < -0.4 is 11.1 Å². The lowest BCUT2D eigenvalue weighted by Crippen LogP contribution is -2.54. The number of hydrogen-bond donors (Lipinski definition) is 2. The molecule has 1 aromatic carbocycles. The fourth-order valence-electron chi connectivity index (χ4n) is 3.11. The summed E-state index contributed by atoms with van der Waals surface area (Å²) >= 11 is 0. The van der Waals surface area contributed by atoms with Crippen molar-refractivity contribution in [3.8, 4) is 12.3 Å². The summed E-state index contributed by atoms with van der Waals surface area (Å²) in [6, 6.07) is 6.39. The van der Waals surface area contributed by atoms with Crippen molar-refractivity contribution in [1.29, 1.82) is 0 Å². The van der Waals surface area contributed by atoms with Crippen molar-refractivity contribution in [3.63, 3.8) is 0 Å². The highest BCUT2D eigenvalue weighted by Gasteiger charge is 2.41. The van der Waals surface area contributed by atoms with Crippen LogP contribution in [0.4, 0.5) is 0 Å². The number of carbonyl (C=O) groups is 2. The number of nitrogens with one attached hydrogen (secondary N) is 1. The summed E-state index contributed by atoms with van der Waals surface area (Å²) in [6.07, 6.45) is 6.01. The van der Waals surface area contributed by atoms with Crippen LogP contribution in [0.2, 0.25) is 0 Å². The topological polar surface area (TPSA) is 75.4 Å². The number of carbonyl (C=O) groups excluding carboxylic acids is 2. The number of nitrogens with two attached hydrogens (primary N) is 1. The van der Waals surface area contributed by atoms with Gasteiger partial charge in [-0.25, -0.2) is 0 Å². The van der Waals surface area contributed by atoms with Crippen molar-refractivity contribution < 1.29 is 9.59 Å². The molecule has 1 aliphatic rings. The van der Waals surface area contributed by atoms with Crippen LogP contribution in [0.1, 0.15) is 45.2 Å². The minimum absolute atomic E-state index is 0.134. The van der Waals surface area contributed by atoms with Crippen molar-refractivity contribution in [2.24, 2.45) is 17.1 Å². The van der Waals surface area contributed by atoms with E-state index < -0.39 is 12.1 Å². The smallest absolute Gasteiger partial charge is 0.243 e. The molecule has 1 unspecified atom stereocenters. The highest BCUT2D eigenvalue weighted by atomic mass is 16.2. The van der Waals surface area contributed by atoms with Gasteiger partial charge >= 0.3 is 0 Å². The molecule has 0 radical (unpaired) electrons.